The van der Waals surface area contributed by atoms with Crippen molar-refractivity contribution in [3.63, 3.8) is 0 Å². The third kappa shape index (κ3) is 4.46. The number of rotatable bonds is 7. The van der Waals surface area contributed by atoms with Gasteiger partial charge in [-0.1, -0.05) is 47.5 Å². The van der Waals surface area contributed by atoms with Crippen LogP contribution in [0.2, 0.25) is 0 Å². The van der Waals surface area contributed by atoms with E-state index in [1.165, 1.54) is 38.5 Å². The van der Waals surface area contributed by atoms with Gasteiger partial charge in [0.1, 0.15) is 0 Å². The number of nitrogens with zero attached hydrogens (tertiary/aromatic N) is 1. The molecule has 1 saturated carbocycles. The van der Waals surface area contributed by atoms with Crippen molar-refractivity contribution >= 4 is 0 Å². The lowest BCUT2D eigenvalue weighted by Crippen LogP contribution is -2.59. The summed E-state index contributed by atoms with van der Waals surface area (Å²) >= 11 is 0. The van der Waals surface area contributed by atoms with E-state index < -0.39 is 0 Å². The van der Waals surface area contributed by atoms with Crippen LogP contribution in [0.1, 0.15) is 73.1 Å². The summed E-state index contributed by atoms with van der Waals surface area (Å²) in [7, 11) is 2.35. The maximum atomic E-state index is 6.32. The lowest BCUT2D eigenvalue weighted by Gasteiger charge is -2.50. The van der Waals surface area contributed by atoms with Gasteiger partial charge in [0.2, 0.25) is 0 Å². The monoisotopic (exact) mass is 282 g/mol. The zero-order chi connectivity index (χ0) is 15.3. The van der Waals surface area contributed by atoms with Gasteiger partial charge in [0.15, 0.2) is 0 Å². The number of likely N-dealkylation sites (N-methyl/N-ethyl adjacent to an activating group) is 1. The van der Waals surface area contributed by atoms with Gasteiger partial charge in [-0.15, -0.1) is 0 Å². The first-order chi connectivity index (χ1) is 9.32. The molecular weight excluding hydrogens is 244 g/mol. The molecule has 0 aromatic rings. The smallest absolute Gasteiger partial charge is 0.0336 e. The third-order valence-corrected chi connectivity index (χ3v) is 5.27. The van der Waals surface area contributed by atoms with Gasteiger partial charge in [-0.25, -0.2) is 0 Å². The lowest BCUT2D eigenvalue weighted by atomic mass is 9.76. The minimum absolute atomic E-state index is 0.193. The molecule has 20 heavy (non-hydrogen) atoms. The SMILES string of the molecule is CC(C)CC(CN)(CC(C)C)N(C)C1CCCCC1C. The van der Waals surface area contributed by atoms with Crippen molar-refractivity contribution in [2.75, 3.05) is 13.6 Å². The van der Waals surface area contributed by atoms with E-state index in [-0.39, 0.29) is 5.54 Å². The van der Waals surface area contributed by atoms with Gasteiger partial charge in [0, 0.05) is 18.1 Å². The predicted octanol–water partition coefficient (Wildman–Crippen LogP) is 4.29. The number of nitrogens with two attached hydrogens (primary N) is 1. The maximum absolute atomic E-state index is 6.32. The first-order valence-electron chi connectivity index (χ1n) is 8.75. The van der Waals surface area contributed by atoms with Crippen molar-refractivity contribution < 1.29 is 0 Å². The normalized spacial score (nSPS) is 24.9. The first kappa shape index (κ1) is 18.0. The van der Waals surface area contributed by atoms with Crippen LogP contribution in [-0.2, 0) is 0 Å². The second-order valence-corrected chi connectivity index (χ2v) is 8.06. The highest BCUT2D eigenvalue weighted by Gasteiger charge is 2.40. The molecule has 0 aromatic heterocycles. The average Bonchev–Trinajstić information content (AvgIpc) is 2.36. The zero-order valence-electron chi connectivity index (χ0n) is 14.8. The van der Waals surface area contributed by atoms with Crippen molar-refractivity contribution in [1.82, 2.24) is 4.90 Å². The summed E-state index contributed by atoms with van der Waals surface area (Å²) in [6.45, 7) is 12.6. The Morgan fingerprint density at radius 1 is 1.05 bits per heavy atom. The van der Waals surface area contributed by atoms with Crippen LogP contribution in [0.15, 0.2) is 0 Å². The van der Waals surface area contributed by atoms with E-state index in [4.69, 9.17) is 5.73 Å². The van der Waals surface area contributed by atoms with Gasteiger partial charge in [0.25, 0.3) is 0 Å². The Kier molecular flexibility index (Phi) is 7.00. The molecule has 0 spiro atoms. The summed E-state index contributed by atoms with van der Waals surface area (Å²) in [5.74, 6) is 2.23. The van der Waals surface area contributed by atoms with Gasteiger partial charge >= 0.3 is 0 Å². The van der Waals surface area contributed by atoms with E-state index in [1.54, 1.807) is 0 Å². The number of hydrogen-bond donors (Lipinski definition) is 1. The largest absolute Gasteiger partial charge is 0.329 e. The second-order valence-electron chi connectivity index (χ2n) is 8.06. The minimum atomic E-state index is 0.193. The summed E-state index contributed by atoms with van der Waals surface area (Å²) in [6, 6.07) is 0.727. The molecule has 0 amide bonds. The molecule has 1 aliphatic rings. The summed E-state index contributed by atoms with van der Waals surface area (Å²) in [5.41, 5.74) is 6.51. The molecule has 0 aromatic carbocycles. The highest BCUT2D eigenvalue weighted by molar-refractivity contribution is 4.96. The van der Waals surface area contributed by atoms with Crippen LogP contribution in [0.4, 0.5) is 0 Å². The molecule has 0 aliphatic heterocycles. The molecule has 1 aliphatic carbocycles. The van der Waals surface area contributed by atoms with E-state index >= 15 is 0 Å². The molecular formula is C18H38N2. The van der Waals surface area contributed by atoms with Gasteiger partial charge < -0.3 is 5.73 Å². The van der Waals surface area contributed by atoms with Crippen molar-refractivity contribution in [2.24, 2.45) is 23.5 Å². The molecule has 2 heteroatoms. The van der Waals surface area contributed by atoms with Crippen molar-refractivity contribution in [1.29, 1.82) is 0 Å². The minimum Gasteiger partial charge on any atom is -0.329 e. The highest BCUT2D eigenvalue weighted by atomic mass is 15.2. The molecule has 2 atom stereocenters. The van der Waals surface area contributed by atoms with E-state index in [9.17, 15) is 0 Å². The third-order valence-electron chi connectivity index (χ3n) is 5.27. The Bertz CT molecular complexity index is 263. The molecule has 1 rings (SSSR count). The predicted molar refractivity (Wildman–Crippen MR) is 89.9 cm³/mol. The standard InChI is InChI=1S/C18H38N2/c1-14(2)11-18(13-19,12-15(3)4)20(6)17-10-8-7-9-16(17)5/h14-17H,7-13,19H2,1-6H3. The topological polar surface area (TPSA) is 29.3 Å². The number of hydrogen-bond acceptors (Lipinski definition) is 2. The molecule has 2 unspecified atom stereocenters. The van der Waals surface area contributed by atoms with Crippen LogP contribution in [0.5, 0.6) is 0 Å². The van der Waals surface area contributed by atoms with Gasteiger partial charge in [-0.05, 0) is 50.5 Å². The van der Waals surface area contributed by atoms with Gasteiger partial charge in [0.05, 0.1) is 0 Å². The van der Waals surface area contributed by atoms with Crippen LogP contribution < -0.4 is 5.73 Å². The molecule has 0 saturated heterocycles. The van der Waals surface area contributed by atoms with Crippen molar-refractivity contribution in [3.05, 3.63) is 0 Å². The van der Waals surface area contributed by atoms with Gasteiger partial charge in [-0.3, -0.25) is 4.90 Å². The molecule has 0 heterocycles. The van der Waals surface area contributed by atoms with E-state index in [0.29, 0.717) is 11.8 Å². The second kappa shape index (κ2) is 7.79. The fraction of sp³-hybridized carbons (Fsp3) is 1.00. The molecule has 1 fully saturated rings. The quantitative estimate of drug-likeness (QED) is 0.755. The lowest BCUT2D eigenvalue weighted by molar-refractivity contribution is 0.00494. The summed E-state index contributed by atoms with van der Waals surface area (Å²) in [5, 5.41) is 0. The molecule has 2 nitrogen and oxygen atoms in total. The Morgan fingerprint density at radius 2 is 1.55 bits per heavy atom. The molecule has 120 valence electrons. The molecule has 0 bridgehead atoms. The van der Waals surface area contributed by atoms with Crippen LogP contribution in [0.3, 0.4) is 0 Å². The summed E-state index contributed by atoms with van der Waals surface area (Å²) < 4.78 is 0. The van der Waals surface area contributed by atoms with Crippen LogP contribution in [0.25, 0.3) is 0 Å². The molecule has 2 N–H and O–H groups in total. The van der Waals surface area contributed by atoms with Crippen LogP contribution in [0, 0.1) is 17.8 Å². The Labute approximate surface area is 127 Å². The fourth-order valence-electron chi connectivity index (χ4n) is 4.43. The van der Waals surface area contributed by atoms with Crippen molar-refractivity contribution in [3.8, 4) is 0 Å². The summed E-state index contributed by atoms with van der Waals surface area (Å²) in [4.78, 5) is 2.69. The highest BCUT2D eigenvalue weighted by Crippen LogP contribution is 2.36. The maximum Gasteiger partial charge on any atom is 0.0336 e. The van der Waals surface area contributed by atoms with Gasteiger partial charge in [-0.2, -0.15) is 0 Å². The van der Waals surface area contributed by atoms with Crippen molar-refractivity contribution in [2.45, 2.75) is 84.7 Å². The Balaban J connectivity index is 2.94. The molecule has 0 radical (unpaired) electrons. The summed E-state index contributed by atoms with van der Waals surface area (Å²) in [6.07, 6.45) is 8.00. The Hall–Kier alpha value is -0.0800. The zero-order valence-corrected chi connectivity index (χ0v) is 14.8. The first-order valence-corrected chi connectivity index (χ1v) is 8.75. The van der Waals surface area contributed by atoms with E-state index in [2.05, 4.69) is 46.6 Å². The average molecular weight is 283 g/mol. The van der Waals surface area contributed by atoms with Crippen LogP contribution in [-0.4, -0.2) is 30.1 Å². The fourth-order valence-corrected chi connectivity index (χ4v) is 4.43. The van der Waals surface area contributed by atoms with E-state index in [1.807, 2.05) is 0 Å². The Morgan fingerprint density at radius 3 is 1.95 bits per heavy atom. The van der Waals surface area contributed by atoms with E-state index in [0.717, 1.165) is 18.5 Å². The van der Waals surface area contributed by atoms with Crippen LogP contribution >= 0.6 is 0 Å².